The van der Waals surface area contributed by atoms with Gasteiger partial charge in [-0.2, -0.15) is 0 Å². The Balaban J connectivity index is 1.86. The van der Waals surface area contributed by atoms with Gasteiger partial charge in [-0.05, 0) is 43.7 Å². The van der Waals surface area contributed by atoms with Crippen LogP contribution in [0.1, 0.15) is 19.4 Å². The highest BCUT2D eigenvalue weighted by Crippen LogP contribution is 2.33. The molecule has 1 heterocycles. The van der Waals surface area contributed by atoms with E-state index in [1.54, 1.807) is 25.3 Å². The topological polar surface area (TPSA) is 73.9 Å². The van der Waals surface area contributed by atoms with Crippen LogP contribution in [0.3, 0.4) is 0 Å². The molecule has 0 radical (unpaired) electrons. The molecular weight excluding hydrogens is 342 g/mol. The molecular formula is C18H21NO5S. The Morgan fingerprint density at radius 2 is 1.64 bits per heavy atom. The summed E-state index contributed by atoms with van der Waals surface area (Å²) in [5, 5.41) is 0. The molecule has 1 aliphatic rings. The fourth-order valence-electron chi connectivity index (χ4n) is 2.65. The fourth-order valence-corrected chi connectivity index (χ4v) is 4.07. The quantitative estimate of drug-likeness (QED) is 0.884. The molecule has 3 rings (SSSR count). The van der Waals surface area contributed by atoms with Crippen molar-refractivity contribution < 1.29 is 22.6 Å². The fraction of sp³-hybridized carbons (Fsp3) is 0.333. The first-order valence-electron chi connectivity index (χ1n) is 7.90. The average molecular weight is 363 g/mol. The van der Waals surface area contributed by atoms with Gasteiger partial charge in [0, 0.05) is 6.07 Å². The van der Waals surface area contributed by atoms with Crippen molar-refractivity contribution in [2.75, 3.05) is 20.3 Å². The summed E-state index contributed by atoms with van der Waals surface area (Å²) in [7, 11) is -2.14. The molecule has 0 fully saturated rings. The normalized spacial score (nSPS) is 14.2. The van der Waals surface area contributed by atoms with Crippen molar-refractivity contribution >= 4 is 10.0 Å². The van der Waals surface area contributed by atoms with Crippen LogP contribution in [0.25, 0.3) is 0 Å². The van der Waals surface area contributed by atoms with Crippen molar-refractivity contribution in [2.45, 2.75) is 24.3 Å². The van der Waals surface area contributed by atoms with E-state index in [1.807, 2.05) is 26.0 Å². The van der Waals surface area contributed by atoms with E-state index < -0.39 is 15.6 Å². The monoisotopic (exact) mass is 363 g/mol. The van der Waals surface area contributed by atoms with E-state index in [0.29, 0.717) is 30.5 Å². The van der Waals surface area contributed by atoms with Crippen LogP contribution in [0, 0.1) is 0 Å². The van der Waals surface area contributed by atoms with Crippen molar-refractivity contribution in [2.24, 2.45) is 0 Å². The first kappa shape index (κ1) is 17.6. The first-order valence-corrected chi connectivity index (χ1v) is 9.38. The van der Waals surface area contributed by atoms with Gasteiger partial charge >= 0.3 is 0 Å². The summed E-state index contributed by atoms with van der Waals surface area (Å²) in [5.41, 5.74) is 0.0349. The summed E-state index contributed by atoms with van der Waals surface area (Å²) in [4.78, 5) is 0.137. The number of hydrogen-bond donors (Lipinski definition) is 1. The minimum absolute atomic E-state index is 0.137. The minimum atomic E-state index is -3.73. The Labute approximate surface area is 147 Å². The summed E-state index contributed by atoms with van der Waals surface area (Å²) < 4.78 is 44.4. The van der Waals surface area contributed by atoms with Crippen molar-refractivity contribution in [3.63, 3.8) is 0 Å². The second-order valence-electron chi connectivity index (χ2n) is 6.26. The van der Waals surface area contributed by atoms with Crippen LogP contribution in [-0.2, 0) is 15.6 Å². The largest absolute Gasteiger partial charge is 0.497 e. The zero-order valence-electron chi connectivity index (χ0n) is 14.4. The highest BCUT2D eigenvalue weighted by molar-refractivity contribution is 7.89. The predicted molar refractivity (Wildman–Crippen MR) is 93.8 cm³/mol. The standard InChI is InChI=1S/C18H21NO5S/c1-18(2,13-4-6-14(22-3)7-5-13)19-25(20,21)15-8-9-16-17(12-15)24-11-10-23-16/h4-9,12,19H,10-11H2,1-3H3. The number of rotatable bonds is 5. The third kappa shape index (κ3) is 3.72. The second-order valence-corrected chi connectivity index (χ2v) is 7.95. The predicted octanol–water partition coefficient (Wildman–Crippen LogP) is 2.68. The maximum atomic E-state index is 12.8. The molecule has 0 spiro atoms. The van der Waals surface area contributed by atoms with Crippen LogP contribution in [0.2, 0.25) is 0 Å². The van der Waals surface area contributed by atoms with Crippen molar-refractivity contribution in [1.29, 1.82) is 0 Å². The van der Waals surface area contributed by atoms with Gasteiger partial charge in [0.1, 0.15) is 19.0 Å². The minimum Gasteiger partial charge on any atom is -0.497 e. The molecule has 2 aromatic rings. The molecule has 0 aliphatic carbocycles. The van der Waals surface area contributed by atoms with E-state index in [9.17, 15) is 8.42 Å². The lowest BCUT2D eigenvalue weighted by Gasteiger charge is -2.27. The average Bonchev–Trinajstić information content (AvgIpc) is 2.60. The van der Waals surface area contributed by atoms with E-state index in [2.05, 4.69) is 4.72 Å². The highest BCUT2D eigenvalue weighted by Gasteiger charge is 2.29. The Hall–Kier alpha value is -2.25. The molecule has 0 bridgehead atoms. The second kappa shape index (κ2) is 6.57. The van der Waals surface area contributed by atoms with E-state index in [0.717, 1.165) is 5.56 Å². The number of ether oxygens (including phenoxy) is 3. The van der Waals surface area contributed by atoms with Crippen LogP contribution >= 0.6 is 0 Å². The van der Waals surface area contributed by atoms with E-state index in [1.165, 1.54) is 12.1 Å². The summed E-state index contributed by atoms with van der Waals surface area (Å²) in [6.07, 6.45) is 0. The Morgan fingerprint density at radius 1 is 1.00 bits per heavy atom. The van der Waals surface area contributed by atoms with Crippen molar-refractivity contribution in [3.05, 3.63) is 48.0 Å². The molecule has 0 aromatic heterocycles. The van der Waals surface area contributed by atoms with Gasteiger partial charge in [-0.1, -0.05) is 12.1 Å². The molecule has 6 nitrogen and oxygen atoms in total. The van der Waals surface area contributed by atoms with Gasteiger partial charge in [0.2, 0.25) is 10.0 Å². The molecule has 25 heavy (non-hydrogen) atoms. The van der Waals surface area contributed by atoms with E-state index in [4.69, 9.17) is 14.2 Å². The maximum absolute atomic E-state index is 12.8. The molecule has 0 unspecified atom stereocenters. The van der Waals surface area contributed by atoms with Crippen LogP contribution in [0.5, 0.6) is 17.2 Å². The number of fused-ring (bicyclic) bond motifs is 1. The van der Waals surface area contributed by atoms with Crippen molar-refractivity contribution in [3.8, 4) is 17.2 Å². The van der Waals surface area contributed by atoms with Crippen LogP contribution in [0.15, 0.2) is 47.4 Å². The van der Waals surface area contributed by atoms with Crippen LogP contribution < -0.4 is 18.9 Å². The van der Waals surface area contributed by atoms with Gasteiger partial charge in [0.15, 0.2) is 11.5 Å². The van der Waals surface area contributed by atoms with Gasteiger partial charge < -0.3 is 14.2 Å². The summed E-state index contributed by atoms with van der Waals surface area (Å²) in [6.45, 7) is 4.48. The van der Waals surface area contributed by atoms with Gasteiger partial charge in [0.25, 0.3) is 0 Å². The van der Waals surface area contributed by atoms with Gasteiger partial charge in [0.05, 0.1) is 17.5 Å². The lowest BCUT2D eigenvalue weighted by atomic mass is 9.96. The molecule has 7 heteroatoms. The van der Waals surface area contributed by atoms with Crippen LogP contribution in [-0.4, -0.2) is 28.7 Å². The highest BCUT2D eigenvalue weighted by atomic mass is 32.2. The summed E-state index contributed by atoms with van der Waals surface area (Å²) >= 11 is 0. The van der Waals surface area contributed by atoms with Crippen LogP contribution in [0.4, 0.5) is 0 Å². The third-order valence-electron chi connectivity index (χ3n) is 4.03. The lowest BCUT2D eigenvalue weighted by molar-refractivity contribution is 0.171. The van der Waals surface area contributed by atoms with E-state index >= 15 is 0 Å². The Bertz CT molecular complexity index is 860. The molecule has 0 atom stereocenters. The smallest absolute Gasteiger partial charge is 0.241 e. The number of sulfonamides is 1. The molecule has 1 aliphatic heterocycles. The number of benzene rings is 2. The molecule has 1 N–H and O–H groups in total. The summed E-state index contributed by atoms with van der Waals surface area (Å²) in [5.74, 6) is 1.71. The van der Waals surface area contributed by atoms with Gasteiger partial charge in [-0.3, -0.25) is 0 Å². The molecule has 134 valence electrons. The third-order valence-corrected chi connectivity index (χ3v) is 5.68. The number of methoxy groups -OCH3 is 1. The maximum Gasteiger partial charge on any atom is 0.241 e. The lowest BCUT2D eigenvalue weighted by Crippen LogP contribution is -2.40. The summed E-state index contributed by atoms with van der Waals surface area (Å²) in [6, 6.07) is 11.9. The van der Waals surface area contributed by atoms with E-state index in [-0.39, 0.29) is 4.90 Å². The molecule has 0 saturated heterocycles. The molecule has 0 amide bonds. The Kier molecular flexibility index (Phi) is 4.62. The van der Waals surface area contributed by atoms with Gasteiger partial charge in [-0.15, -0.1) is 0 Å². The molecule has 2 aromatic carbocycles. The van der Waals surface area contributed by atoms with Gasteiger partial charge in [-0.25, -0.2) is 13.1 Å². The number of nitrogens with one attached hydrogen (secondary N) is 1. The Morgan fingerprint density at radius 3 is 2.28 bits per heavy atom. The SMILES string of the molecule is COc1ccc(C(C)(C)NS(=O)(=O)c2ccc3c(c2)OCCO3)cc1. The number of hydrogen-bond acceptors (Lipinski definition) is 5. The van der Waals surface area contributed by atoms with Crippen molar-refractivity contribution in [1.82, 2.24) is 4.72 Å². The molecule has 0 saturated carbocycles. The first-order chi connectivity index (χ1) is 11.8. The zero-order valence-corrected chi connectivity index (χ0v) is 15.2. The zero-order chi connectivity index (χ0) is 18.1.